The van der Waals surface area contributed by atoms with Gasteiger partial charge in [0, 0.05) is 18.8 Å². The number of aromatic nitrogens is 2. The SMILES string of the molecule is CN(C)CCCNC(=S)Nc1ccn(Cc2cccc3ccccc23)n1. The van der Waals surface area contributed by atoms with Gasteiger partial charge < -0.3 is 15.5 Å². The molecule has 3 aromatic rings. The molecule has 26 heavy (non-hydrogen) atoms. The molecule has 2 N–H and O–H groups in total. The second kappa shape index (κ2) is 8.78. The molecule has 0 aliphatic heterocycles. The van der Waals surface area contributed by atoms with Crippen molar-refractivity contribution < 1.29 is 0 Å². The predicted octanol–water partition coefficient (Wildman–Crippen LogP) is 3.32. The first-order valence-electron chi connectivity index (χ1n) is 8.81. The zero-order valence-electron chi connectivity index (χ0n) is 15.3. The number of nitrogens with one attached hydrogen (secondary N) is 2. The van der Waals surface area contributed by atoms with Crippen molar-refractivity contribution in [2.75, 3.05) is 32.5 Å². The Labute approximate surface area is 160 Å². The topological polar surface area (TPSA) is 45.1 Å². The van der Waals surface area contributed by atoms with E-state index in [-0.39, 0.29) is 0 Å². The fourth-order valence-corrected chi connectivity index (χ4v) is 3.09. The Hall–Kier alpha value is -2.44. The molecule has 2 aromatic carbocycles. The van der Waals surface area contributed by atoms with Crippen LogP contribution >= 0.6 is 12.2 Å². The van der Waals surface area contributed by atoms with Gasteiger partial charge in [-0.05, 0) is 55.6 Å². The normalized spacial score (nSPS) is 11.0. The van der Waals surface area contributed by atoms with E-state index in [0.717, 1.165) is 31.9 Å². The Morgan fingerprint density at radius 2 is 1.92 bits per heavy atom. The van der Waals surface area contributed by atoms with Crippen LogP contribution in [0.1, 0.15) is 12.0 Å². The van der Waals surface area contributed by atoms with Crippen LogP contribution in [-0.2, 0) is 6.54 Å². The molecule has 0 fully saturated rings. The maximum Gasteiger partial charge on any atom is 0.171 e. The molecule has 1 heterocycles. The van der Waals surface area contributed by atoms with Gasteiger partial charge in [-0.25, -0.2) is 0 Å². The second-order valence-corrected chi connectivity index (χ2v) is 6.98. The highest BCUT2D eigenvalue weighted by Gasteiger charge is 2.05. The summed E-state index contributed by atoms with van der Waals surface area (Å²) in [5.41, 5.74) is 1.25. The minimum atomic E-state index is 0.610. The van der Waals surface area contributed by atoms with E-state index in [9.17, 15) is 0 Å². The van der Waals surface area contributed by atoms with Gasteiger partial charge in [0.1, 0.15) is 0 Å². The van der Waals surface area contributed by atoms with Crippen molar-refractivity contribution in [1.29, 1.82) is 0 Å². The molecule has 0 atom stereocenters. The fourth-order valence-electron chi connectivity index (χ4n) is 2.88. The zero-order chi connectivity index (χ0) is 18.4. The molecule has 0 aliphatic carbocycles. The van der Waals surface area contributed by atoms with Crippen LogP contribution < -0.4 is 10.6 Å². The number of nitrogens with zero attached hydrogens (tertiary/aromatic N) is 3. The minimum Gasteiger partial charge on any atom is -0.362 e. The Morgan fingerprint density at radius 1 is 1.12 bits per heavy atom. The third-order valence-corrected chi connectivity index (χ3v) is 4.41. The lowest BCUT2D eigenvalue weighted by Gasteiger charge is -2.11. The highest BCUT2D eigenvalue weighted by molar-refractivity contribution is 7.80. The van der Waals surface area contributed by atoms with Crippen molar-refractivity contribution >= 4 is 33.9 Å². The van der Waals surface area contributed by atoms with Gasteiger partial charge in [-0.3, -0.25) is 4.68 Å². The summed E-state index contributed by atoms with van der Waals surface area (Å²) in [4.78, 5) is 2.16. The monoisotopic (exact) mass is 367 g/mol. The van der Waals surface area contributed by atoms with Gasteiger partial charge in [-0.1, -0.05) is 42.5 Å². The molecule has 0 saturated carbocycles. The molecule has 6 heteroatoms. The predicted molar refractivity (Wildman–Crippen MR) is 113 cm³/mol. The van der Waals surface area contributed by atoms with Gasteiger partial charge >= 0.3 is 0 Å². The first-order chi connectivity index (χ1) is 12.6. The summed E-state index contributed by atoms with van der Waals surface area (Å²) in [5.74, 6) is 0.760. The smallest absolute Gasteiger partial charge is 0.171 e. The lowest BCUT2D eigenvalue weighted by molar-refractivity contribution is 0.400. The Kier molecular flexibility index (Phi) is 6.20. The van der Waals surface area contributed by atoms with Crippen molar-refractivity contribution in [3.63, 3.8) is 0 Å². The second-order valence-electron chi connectivity index (χ2n) is 6.57. The first-order valence-corrected chi connectivity index (χ1v) is 9.22. The lowest BCUT2D eigenvalue weighted by Crippen LogP contribution is -2.31. The Morgan fingerprint density at radius 3 is 2.77 bits per heavy atom. The molecule has 0 radical (unpaired) electrons. The van der Waals surface area contributed by atoms with Crippen molar-refractivity contribution in [1.82, 2.24) is 20.0 Å². The van der Waals surface area contributed by atoms with Gasteiger partial charge in [-0.15, -0.1) is 0 Å². The number of hydrogen-bond acceptors (Lipinski definition) is 3. The molecule has 5 nitrogen and oxygen atoms in total. The van der Waals surface area contributed by atoms with Gasteiger partial charge in [0.15, 0.2) is 10.9 Å². The van der Waals surface area contributed by atoms with Gasteiger partial charge in [0.2, 0.25) is 0 Å². The quantitative estimate of drug-likeness (QED) is 0.495. The molecule has 0 spiro atoms. The van der Waals surface area contributed by atoms with Crippen LogP contribution in [0.4, 0.5) is 5.82 Å². The van der Waals surface area contributed by atoms with Crippen LogP contribution in [0.5, 0.6) is 0 Å². The maximum atomic E-state index is 5.33. The summed E-state index contributed by atoms with van der Waals surface area (Å²) in [6.07, 6.45) is 3.02. The van der Waals surface area contributed by atoms with E-state index in [1.165, 1.54) is 16.3 Å². The Balaban J connectivity index is 1.57. The molecule has 0 bridgehead atoms. The lowest BCUT2D eigenvalue weighted by atomic mass is 10.0. The number of anilines is 1. The van der Waals surface area contributed by atoms with Crippen LogP contribution in [0.15, 0.2) is 54.7 Å². The van der Waals surface area contributed by atoms with E-state index in [1.807, 2.05) is 16.9 Å². The molecule has 1 aromatic heterocycles. The van der Waals surface area contributed by atoms with E-state index in [2.05, 4.69) is 77.2 Å². The largest absolute Gasteiger partial charge is 0.362 e. The molecular formula is C20H25N5S. The van der Waals surface area contributed by atoms with Crippen LogP contribution in [-0.4, -0.2) is 47.0 Å². The highest BCUT2D eigenvalue weighted by Crippen LogP contribution is 2.19. The van der Waals surface area contributed by atoms with Gasteiger partial charge in [0.25, 0.3) is 0 Å². The Bertz CT molecular complexity index is 866. The summed E-state index contributed by atoms with van der Waals surface area (Å²) in [5, 5.41) is 14.1. The molecule has 136 valence electrons. The van der Waals surface area contributed by atoms with Crippen LogP contribution in [0.25, 0.3) is 10.8 Å². The third kappa shape index (κ3) is 5.03. The number of benzene rings is 2. The zero-order valence-corrected chi connectivity index (χ0v) is 16.1. The molecule has 0 unspecified atom stereocenters. The molecule has 0 aliphatic rings. The summed E-state index contributed by atoms with van der Waals surface area (Å²) >= 11 is 5.33. The van der Waals surface area contributed by atoms with Crippen molar-refractivity contribution in [3.8, 4) is 0 Å². The number of rotatable bonds is 7. The summed E-state index contributed by atoms with van der Waals surface area (Å²) in [6, 6.07) is 16.7. The maximum absolute atomic E-state index is 5.33. The van der Waals surface area contributed by atoms with Gasteiger partial charge in [-0.2, -0.15) is 5.10 Å². The van der Waals surface area contributed by atoms with Crippen molar-refractivity contribution in [3.05, 3.63) is 60.3 Å². The molecular weight excluding hydrogens is 342 g/mol. The first kappa shape index (κ1) is 18.4. The summed E-state index contributed by atoms with van der Waals surface area (Å²) in [7, 11) is 4.14. The molecule has 0 amide bonds. The fraction of sp³-hybridized carbons (Fsp3) is 0.300. The van der Waals surface area contributed by atoms with Crippen molar-refractivity contribution in [2.24, 2.45) is 0 Å². The summed E-state index contributed by atoms with van der Waals surface area (Å²) in [6.45, 7) is 2.61. The van der Waals surface area contributed by atoms with Crippen molar-refractivity contribution in [2.45, 2.75) is 13.0 Å². The van der Waals surface area contributed by atoms with E-state index in [0.29, 0.717) is 5.11 Å². The number of hydrogen-bond donors (Lipinski definition) is 2. The third-order valence-electron chi connectivity index (χ3n) is 4.16. The van der Waals surface area contributed by atoms with Gasteiger partial charge in [0.05, 0.1) is 6.54 Å². The average molecular weight is 368 g/mol. The van der Waals surface area contributed by atoms with E-state index < -0.39 is 0 Å². The summed E-state index contributed by atoms with van der Waals surface area (Å²) < 4.78 is 1.93. The van der Waals surface area contributed by atoms with Crippen LogP contribution in [0.2, 0.25) is 0 Å². The van der Waals surface area contributed by atoms with E-state index in [1.54, 1.807) is 0 Å². The highest BCUT2D eigenvalue weighted by atomic mass is 32.1. The minimum absolute atomic E-state index is 0.610. The standard InChI is InChI=1S/C20H25N5S/c1-24(2)13-6-12-21-20(26)22-19-11-14-25(23-19)15-17-9-5-8-16-7-3-4-10-18(16)17/h3-5,7-11,14H,6,12-13,15H2,1-2H3,(H2,21,22,23,26). The molecule has 3 rings (SSSR count). The van der Waals surface area contributed by atoms with Crippen LogP contribution in [0.3, 0.4) is 0 Å². The molecule has 0 saturated heterocycles. The van der Waals surface area contributed by atoms with Crippen LogP contribution in [0, 0.1) is 0 Å². The number of fused-ring (bicyclic) bond motifs is 1. The number of thiocarbonyl (C=S) groups is 1. The van der Waals surface area contributed by atoms with E-state index in [4.69, 9.17) is 12.2 Å². The average Bonchev–Trinajstić information content (AvgIpc) is 3.06. The van der Waals surface area contributed by atoms with E-state index >= 15 is 0 Å².